The van der Waals surface area contributed by atoms with Gasteiger partial charge in [-0.2, -0.15) is 0 Å². The number of hydrogen-bond donors (Lipinski definition) is 0. The Labute approximate surface area is 223 Å². The summed E-state index contributed by atoms with van der Waals surface area (Å²) in [5.41, 5.74) is 7.94. The Hall–Kier alpha value is -3.40. The molecule has 0 aliphatic heterocycles. The summed E-state index contributed by atoms with van der Waals surface area (Å²) >= 11 is 7.39. The van der Waals surface area contributed by atoms with Crippen LogP contribution in [0.1, 0.15) is 16.7 Å². The van der Waals surface area contributed by atoms with Crippen LogP contribution >= 0.6 is 31.9 Å². The third kappa shape index (κ3) is 5.32. The molecule has 0 bridgehead atoms. The minimum Gasteiger partial charge on any atom is -0.310 e. The molecule has 5 rings (SSSR count). The molecule has 0 N–H and O–H groups in total. The second-order valence-electron chi connectivity index (χ2n) is 8.11. The fourth-order valence-corrected chi connectivity index (χ4v) is 5.45. The molecule has 170 valence electrons. The van der Waals surface area contributed by atoms with Gasteiger partial charge in [0.05, 0.1) is 5.69 Å². The Morgan fingerprint density at radius 1 is 0.571 bits per heavy atom. The van der Waals surface area contributed by atoms with Crippen LogP contribution in [0.2, 0.25) is 0 Å². The minimum absolute atomic E-state index is 1.04. The number of hydrogen-bond acceptors (Lipinski definition) is 1. The number of benzene rings is 5. The lowest BCUT2D eigenvalue weighted by atomic mass is 9.95. The highest BCUT2D eigenvalue weighted by Gasteiger charge is 2.16. The summed E-state index contributed by atoms with van der Waals surface area (Å²) < 4.78 is 2.09. The Kier molecular flexibility index (Phi) is 7.27. The van der Waals surface area contributed by atoms with Gasteiger partial charge in [-0.1, -0.05) is 123 Å². The number of para-hydroxylation sites is 3. The van der Waals surface area contributed by atoms with Crippen LogP contribution in [0, 0.1) is 0 Å². The molecule has 0 heterocycles. The Bertz CT molecular complexity index is 1410. The molecule has 0 spiro atoms. The molecule has 0 unspecified atom stereocenters. The van der Waals surface area contributed by atoms with Gasteiger partial charge in [0.1, 0.15) is 0 Å². The van der Waals surface area contributed by atoms with Crippen LogP contribution in [0.25, 0.3) is 11.6 Å². The van der Waals surface area contributed by atoms with E-state index in [0.717, 1.165) is 48.3 Å². The van der Waals surface area contributed by atoms with Crippen LogP contribution in [0.5, 0.6) is 0 Å². The van der Waals surface area contributed by atoms with Crippen LogP contribution in [-0.2, 0) is 0 Å². The van der Waals surface area contributed by atoms with Gasteiger partial charge >= 0.3 is 0 Å². The van der Waals surface area contributed by atoms with Crippen molar-refractivity contribution in [3.63, 3.8) is 0 Å². The van der Waals surface area contributed by atoms with E-state index in [1.54, 1.807) is 0 Å². The maximum Gasteiger partial charge on any atom is 0.0534 e. The van der Waals surface area contributed by atoms with Crippen molar-refractivity contribution in [2.24, 2.45) is 0 Å². The maximum absolute atomic E-state index is 3.80. The quantitative estimate of drug-likeness (QED) is 0.181. The van der Waals surface area contributed by atoms with Crippen molar-refractivity contribution in [2.45, 2.75) is 0 Å². The van der Waals surface area contributed by atoms with E-state index < -0.39 is 0 Å². The highest BCUT2D eigenvalue weighted by atomic mass is 79.9. The largest absolute Gasteiger partial charge is 0.310 e. The number of anilines is 3. The van der Waals surface area contributed by atoms with Crippen molar-refractivity contribution < 1.29 is 0 Å². The molecular formula is C32H23Br2N. The second-order valence-corrected chi connectivity index (χ2v) is 9.88. The fraction of sp³-hybridized carbons (Fsp3) is 0. The molecule has 0 aromatic heterocycles. The van der Waals surface area contributed by atoms with Gasteiger partial charge in [-0.15, -0.1) is 0 Å². The van der Waals surface area contributed by atoms with Crippen molar-refractivity contribution >= 4 is 60.6 Å². The third-order valence-corrected chi connectivity index (χ3v) is 6.96. The van der Waals surface area contributed by atoms with Gasteiger partial charge in [0, 0.05) is 20.3 Å². The van der Waals surface area contributed by atoms with Crippen LogP contribution in [0.15, 0.2) is 142 Å². The van der Waals surface area contributed by atoms with Crippen LogP contribution < -0.4 is 4.90 Å². The minimum atomic E-state index is 1.04. The van der Waals surface area contributed by atoms with Crippen molar-refractivity contribution in [1.82, 2.24) is 0 Å². The lowest BCUT2D eigenvalue weighted by Crippen LogP contribution is -2.11. The van der Waals surface area contributed by atoms with E-state index in [2.05, 4.69) is 176 Å². The molecule has 0 radical (unpaired) electrons. The average Bonchev–Trinajstić information content (AvgIpc) is 2.90. The van der Waals surface area contributed by atoms with Crippen molar-refractivity contribution in [1.29, 1.82) is 0 Å². The second kappa shape index (κ2) is 10.9. The van der Waals surface area contributed by atoms with Gasteiger partial charge in [-0.05, 0) is 70.8 Å². The molecule has 0 saturated carbocycles. The summed E-state index contributed by atoms with van der Waals surface area (Å²) in [4.78, 5) is 2.31. The fourth-order valence-electron chi connectivity index (χ4n) is 4.19. The van der Waals surface area contributed by atoms with E-state index in [9.17, 15) is 0 Å². The van der Waals surface area contributed by atoms with Crippen LogP contribution in [0.3, 0.4) is 0 Å². The summed E-state index contributed by atoms with van der Waals surface area (Å²) in [6, 6.07) is 46.5. The van der Waals surface area contributed by atoms with Crippen molar-refractivity contribution in [2.75, 3.05) is 4.90 Å². The molecular weight excluding hydrogens is 558 g/mol. The molecule has 0 saturated heterocycles. The first-order chi connectivity index (χ1) is 17.2. The van der Waals surface area contributed by atoms with Gasteiger partial charge in [-0.3, -0.25) is 0 Å². The van der Waals surface area contributed by atoms with Crippen LogP contribution in [0.4, 0.5) is 17.1 Å². The molecule has 0 fully saturated rings. The zero-order valence-electron chi connectivity index (χ0n) is 19.0. The highest BCUT2D eigenvalue weighted by Crippen LogP contribution is 2.39. The third-order valence-electron chi connectivity index (χ3n) is 5.81. The predicted octanol–water partition coefficient (Wildman–Crippen LogP) is 10.3. The van der Waals surface area contributed by atoms with E-state index >= 15 is 0 Å². The van der Waals surface area contributed by atoms with Gasteiger partial charge in [0.25, 0.3) is 0 Å². The number of rotatable bonds is 6. The maximum atomic E-state index is 3.80. The first-order valence-electron chi connectivity index (χ1n) is 11.4. The monoisotopic (exact) mass is 579 g/mol. The molecule has 5 aromatic rings. The van der Waals surface area contributed by atoms with Crippen molar-refractivity contribution in [3.05, 3.63) is 159 Å². The SMILES string of the molecule is Brc1ccc(/C(=C/c2ccccc2N(c2ccccc2)c2ccccc2)c2ccccc2)c(Br)c1. The lowest BCUT2D eigenvalue weighted by Gasteiger charge is -2.27. The molecule has 0 aliphatic rings. The average molecular weight is 581 g/mol. The first-order valence-corrected chi connectivity index (χ1v) is 13.0. The topological polar surface area (TPSA) is 3.24 Å². The van der Waals surface area contributed by atoms with E-state index in [1.807, 2.05) is 0 Å². The van der Waals surface area contributed by atoms with E-state index in [1.165, 1.54) is 0 Å². The molecule has 3 heteroatoms. The lowest BCUT2D eigenvalue weighted by molar-refractivity contribution is 1.28. The normalized spacial score (nSPS) is 11.3. The van der Waals surface area contributed by atoms with Gasteiger partial charge in [0.15, 0.2) is 0 Å². The molecule has 0 atom stereocenters. The zero-order valence-corrected chi connectivity index (χ0v) is 22.2. The summed E-state index contributed by atoms with van der Waals surface area (Å²) in [6.07, 6.45) is 2.29. The van der Waals surface area contributed by atoms with Gasteiger partial charge < -0.3 is 4.90 Å². The van der Waals surface area contributed by atoms with Crippen molar-refractivity contribution in [3.8, 4) is 0 Å². The molecule has 0 aliphatic carbocycles. The molecule has 5 aromatic carbocycles. The number of nitrogens with zero attached hydrogens (tertiary/aromatic N) is 1. The zero-order chi connectivity index (χ0) is 24.0. The summed E-state index contributed by atoms with van der Waals surface area (Å²) in [5, 5.41) is 0. The highest BCUT2D eigenvalue weighted by molar-refractivity contribution is 9.11. The predicted molar refractivity (Wildman–Crippen MR) is 156 cm³/mol. The standard InChI is InChI=1S/C32H23Br2N/c33-26-20-21-29(31(34)23-26)30(24-12-4-1-5-13-24)22-25-14-10-11-19-32(25)35(27-15-6-2-7-16-27)28-17-8-3-9-18-28/h1-23H/b30-22+. The summed E-state index contributed by atoms with van der Waals surface area (Å²) in [6.45, 7) is 0. The Morgan fingerprint density at radius 3 is 1.71 bits per heavy atom. The molecule has 0 amide bonds. The summed E-state index contributed by atoms with van der Waals surface area (Å²) in [5.74, 6) is 0. The Balaban J connectivity index is 1.73. The summed E-state index contributed by atoms with van der Waals surface area (Å²) in [7, 11) is 0. The first kappa shape index (κ1) is 23.3. The smallest absolute Gasteiger partial charge is 0.0534 e. The van der Waals surface area contributed by atoms with Crippen LogP contribution in [-0.4, -0.2) is 0 Å². The molecule has 35 heavy (non-hydrogen) atoms. The van der Waals surface area contributed by atoms with E-state index in [4.69, 9.17) is 0 Å². The Morgan fingerprint density at radius 2 is 1.11 bits per heavy atom. The van der Waals surface area contributed by atoms with Gasteiger partial charge in [-0.25, -0.2) is 0 Å². The van der Waals surface area contributed by atoms with Gasteiger partial charge in [0.2, 0.25) is 0 Å². The molecule has 1 nitrogen and oxygen atoms in total. The van der Waals surface area contributed by atoms with E-state index in [-0.39, 0.29) is 0 Å². The van der Waals surface area contributed by atoms with E-state index in [0.29, 0.717) is 0 Å². The number of halogens is 2.